The molecule has 0 N–H and O–H groups in total. The number of hydrogen-bond donors (Lipinski definition) is 0. The fraction of sp³-hybridized carbons (Fsp3) is 0.923. The third kappa shape index (κ3) is 5.25. The Balaban J connectivity index is 2.66. The van der Waals surface area contributed by atoms with Gasteiger partial charge in [-0.05, 0) is 19.8 Å². The summed E-state index contributed by atoms with van der Waals surface area (Å²) in [6.45, 7) is 3.17. The Hall–Kier alpha value is -0.630. The van der Waals surface area contributed by atoms with Crippen LogP contribution in [-0.2, 0) is 24.5 Å². The van der Waals surface area contributed by atoms with E-state index in [-0.39, 0.29) is 11.5 Å². The van der Waals surface area contributed by atoms with Gasteiger partial charge in [0.15, 0.2) is 19.7 Å². The van der Waals surface area contributed by atoms with Gasteiger partial charge in [-0.25, -0.2) is 16.8 Å². The molecule has 124 valence electrons. The molecule has 0 saturated heterocycles. The first-order chi connectivity index (χ1) is 9.59. The van der Waals surface area contributed by atoms with Gasteiger partial charge >= 0.3 is 0 Å². The smallest absolute Gasteiger partial charge is 0.237 e. The first kappa shape index (κ1) is 18.4. The highest BCUT2D eigenvalue weighted by Gasteiger charge is 2.32. The zero-order valence-corrected chi connectivity index (χ0v) is 14.5. The van der Waals surface area contributed by atoms with E-state index in [9.17, 15) is 21.6 Å². The molecule has 1 aliphatic carbocycles. The van der Waals surface area contributed by atoms with Crippen LogP contribution in [0.5, 0.6) is 0 Å². The molecule has 0 heterocycles. The van der Waals surface area contributed by atoms with Crippen molar-refractivity contribution in [1.82, 2.24) is 4.90 Å². The van der Waals surface area contributed by atoms with Gasteiger partial charge in [0.25, 0.3) is 0 Å². The van der Waals surface area contributed by atoms with E-state index in [0.717, 1.165) is 12.8 Å². The second-order valence-electron chi connectivity index (χ2n) is 5.77. The van der Waals surface area contributed by atoms with Gasteiger partial charge in [0.1, 0.15) is 5.75 Å². The minimum absolute atomic E-state index is 0.0136. The minimum Gasteiger partial charge on any atom is -0.341 e. The number of amides is 1. The minimum atomic E-state index is -3.43. The molecule has 1 fully saturated rings. The van der Waals surface area contributed by atoms with E-state index in [2.05, 4.69) is 0 Å². The lowest BCUT2D eigenvalue weighted by atomic mass is 10.3. The van der Waals surface area contributed by atoms with Crippen LogP contribution < -0.4 is 0 Å². The second-order valence-corrected chi connectivity index (χ2v) is 10.4. The molecule has 0 spiro atoms. The number of nitrogens with zero attached hydrogens (tertiary/aromatic N) is 1. The van der Waals surface area contributed by atoms with Crippen LogP contribution in [0.25, 0.3) is 0 Å². The van der Waals surface area contributed by atoms with Crippen molar-refractivity contribution in [2.45, 2.75) is 50.8 Å². The Kier molecular flexibility index (Phi) is 6.22. The van der Waals surface area contributed by atoms with Crippen LogP contribution in [-0.4, -0.2) is 63.2 Å². The molecular formula is C13H25NO5S2. The summed E-state index contributed by atoms with van der Waals surface area (Å²) in [5.41, 5.74) is 0. The largest absolute Gasteiger partial charge is 0.341 e. The maximum Gasteiger partial charge on any atom is 0.237 e. The van der Waals surface area contributed by atoms with Crippen molar-refractivity contribution >= 4 is 25.6 Å². The molecule has 1 atom stereocenters. The second kappa shape index (κ2) is 7.09. The summed E-state index contributed by atoms with van der Waals surface area (Å²) in [5, 5.41) is -0.412. The molecule has 21 heavy (non-hydrogen) atoms. The summed E-state index contributed by atoms with van der Waals surface area (Å²) in [4.78, 5) is 13.3. The average Bonchev–Trinajstić information content (AvgIpc) is 2.91. The van der Waals surface area contributed by atoms with E-state index < -0.39 is 42.6 Å². The molecule has 0 aromatic carbocycles. The molecule has 1 unspecified atom stereocenters. The lowest BCUT2D eigenvalue weighted by Gasteiger charge is -2.25. The summed E-state index contributed by atoms with van der Waals surface area (Å²) in [5.74, 6) is -1.18. The van der Waals surface area contributed by atoms with Gasteiger partial charge in [-0.1, -0.05) is 19.8 Å². The number of hydrogen-bond acceptors (Lipinski definition) is 5. The van der Waals surface area contributed by atoms with Gasteiger partial charge in [0.2, 0.25) is 5.91 Å². The van der Waals surface area contributed by atoms with Gasteiger partial charge in [0, 0.05) is 18.8 Å². The number of carbonyl (C=O) groups is 1. The van der Waals surface area contributed by atoms with Gasteiger partial charge in [0.05, 0.1) is 11.0 Å². The van der Waals surface area contributed by atoms with E-state index in [1.807, 2.05) is 0 Å². The highest BCUT2D eigenvalue weighted by atomic mass is 32.2. The van der Waals surface area contributed by atoms with Gasteiger partial charge in [-0.2, -0.15) is 0 Å². The van der Waals surface area contributed by atoms with Gasteiger partial charge in [-0.15, -0.1) is 0 Å². The number of carbonyl (C=O) groups excluding carboxylic acids is 1. The van der Waals surface area contributed by atoms with E-state index in [1.165, 1.54) is 11.9 Å². The highest BCUT2D eigenvalue weighted by Crippen LogP contribution is 2.25. The first-order valence-electron chi connectivity index (χ1n) is 7.26. The Morgan fingerprint density at radius 3 is 2.19 bits per heavy atom. The monoisotopic (exact) mass is 339 g/mol. The summed E-state index contributed by atoms with van der Waals surface area (Å²) < 4.78 is 47.4. The molecule has 1 aliphatic rings. The van der Waals surface area contributed by atoms with Crippen molar-refractivity contribution in [3.63, 3.8) is 0 Å². The van der Waals surface area contributed by atoms with Crippen LogP contribution in [0.15, 0.2) is 0 Å². The normalized spacial score (nSPS) is 18.6. The molecular weight excluding hydrogens is 314 g/mol. The van der Waals surface area contributed by atoms with Crippen molar-refractivity contribution in [3.05, 3.63) is 0 Å². The molecule has 1 amide bonds. The van der Waals surface area contributed by atoms with Crippen LogP contribution in [0.3, 0.4) is 0 Å². The standard InChI is InChI=1S/C13H25NO5S2/c1-4-20(16,17)9-11(2)14(3)13(15)10-21(18,19)12-7-5-6-8-12/h11-12H,4-10H2,1-3H3. The van der Waals surface area contributed by atoms with Gasteiger partial charge in [-0.3, -0.25) is 4.79 Å². The zero-order chi connectivity index (χ0) is 16.3. The van der Waals surface area contributed by atoms with Crippen LogP contribution in [0.1, 0.15) is 39.5 Å². The van der Waals surface area contributed by atoms with Crippen molar-refractivity contribution in [2.24, 2.45) is 0 Å². The van der Waals surface area contributed by atoms with E-state index >= 15 is 0 Å². The Labute approximate surface area is 127 Å². The van der Waals surface area contributed by atoms with E-state index in [1.54, 1.807) is 13.8 Å². The number of sulfone groups is 2. The van der Waals surface area contributed by atoms with E-state index in [0.29, 0.717) is 12.8 Å². The fourth-order valence-electron chi connectivity index (χ4n) is 2.48. The summed E-state index contributed by atoms with van der Waals surface area (Å²) >= 11 is 0. The molecule has 0 radical (unpaired) electrons. The lowest BCUT2D eigenvalue weighted by molar-refractivity contribution is -0.128. The maximum absolute atomic E-state index is 12.1. The predicted octanol–water partition coefficient (Wildman–Crippen LogP) is 0.625. The maximum atomic E-state index is 12.1. The zero-order valence-electron chi connectivity index (χ0n) is 12.9. The molecule has 6 nitrogen and oxygen atoms in total. The summed E-state index contributed by atoms with van der Waals surface area (Å²) in [7, 11) is -5.17. The molecule has 8 heteroatoms. The fourth-order valence-corrected chi connectivity index (χ4v) is 5.51. The molecule has 1 rings (SSSR count). The van der Waals surface area contributed by atoms with Crippen molar-refractivity contribution < 1.29 is 21.6 Å². The predicted molar refractivity (Wildman–Crippen MR) is 82.6 cm³/mol. The average molecular weight is 339 g/mol. The van der Waals surface area contributed by atoms with Crippen molar-refractivity contribution in [2.75, 3.05) is 24.3 Å². The molecule has 0 aliphatic heterocycles. The molecule has 0 aromatic rings. The molecule has 1 saturated carbocycles. The molecule has 0 aromatic heterocycles. The SMILES string of the molecule is CCS(=O)(=O)CC(C)N(C)C(=O)CS(=O)(=O)C1CCCC1. The number of rotatable bonds is 7. The third-order valence-corrected chi connectivity index (χ3v) is 8.13. The summed E-state index contributed by atoms with van der Waals surface area (Å²) in [6, 6.07) is -0.527. The highest BCUT2D eigenvalue weighted by molar-refractivity contribution is 7.92. The quantitative estimate of drug-likeness (QED) is 0.678. The van der Waals surface area contributed by atoms with Crippen LogP contribution in [0, 0.1) is 0 Å². The topological polar surface area (TPSA) is 88.6 Å². The van der Waals surface area contributed by atoms with Crippen molar-refractivity contribution in [1.29, 1.82) is 0 Å². The van der Waals surface area contributed by atoms with Crippen molar-refractivity contribution in [3.8, 4) is 0 Å². The Morgan fingerprint density at radius 2 is 1.71 bits per heavy atom. The lowest BCUT2D eigenvalue weighted by Crippen LogP contribution is -2.43. The Morgan fingerprint density at radius 1 is 1.19 bits per heavy atom. The van der Waals surface area contributed by atoms with Crippen LogP contribution >= 0.6 is 0 Å². The molecule has 0 bridgehead atoms. The van der Waals surface area contributed by atoms with Gasteiger partial charge < -0.3 is 4.90 Å². The summed E-state index contributed by atoms with van der Waals surface area (Å²) in [6.07, 6.45) is 3.02. The Bertz CT molecular complexity index is 561. The van der Waals surface area contributed by atoms with Crippen LogP contribution in [0.2, 0.25) is 0 Å². The first-order valence-corrected chi connectivity index (χ1v) is 10.8. The third-order valence-electron chi connectivity index (χ3n) is 4.12. The van der Waals surface area contributed by atoms with Crippen LogP contribution in [0.4, 0.5) is 0 Å². The van der Waals surface area contributed by atoms with E-state index in [4.69, 9.17) is 0 Å².